The number of hydrogen-bond acceptors (Lipinski definition) is 0. The third-order valence-corrected chi connectivity index (χ3v) is 0.677. The van der Waals surface area contributed by atoms with Gasteiger partial charge in [-0.05, 0) is 6.08 Å². The maximum Gasteiger partial charge on any atom is 0.0964 e. The predicted octanol–water partition coefficient (Wildman–Crippen LogP) is -2.12. The van der Waals surface area contributed by atoms with Gasteiger partial charge < -0.3 is 9.19 Å². The molecule has 0 aliphatic rings. The molecule has 0 rings (SSSR count). The van der Waals surface area contributed by atoms with Crippen molar-refractivity contribution in [3.8, 4) is 0 Å². The molecule has 0 unspecified atom stereocenters. The van der Waals surface area contributed by atoms with Crippen LogP contribution in [0, 0.1) is 0 Å². The molecule has 0 fully saturated rings. The Morgan fingerprint density at radius 1 is 1.38 bits per heavy atom. The second kappa shape index (κ2) is 3.61. The molecule has 0 aliphatic heterocycles. The maximum atomic E-state index is 3.63. The number of nitrogens with zero attached hydrogens (tertiary/aromatic N) is 1. The smallest absolute Gasteiger partial charge is 0.0964 e. The molecule has 0 aromatic heterocycles. The zero-order valence-corrected chi connectivity index (χ0v) is 5.82. The molecule has 1 nitrogen and oxygen atoms in total. The molecule has 0 heterocycles. The maximum absolute atomic E-state index is 3.63. The Hall–Kier alpha value is -0.370. The lowest BCUT2D eigenvalue weighted by molar-refractivity contribution is -0.864. The van der Waals surface area contributed by atoms with E-state index in [4.69, 9.17) is 0 Å². The number of hydrogen-bond donors (Lipinski definition) is 0. The average molecular weight is 119 g/mol. The molecule has 0 radical (unpaired) electrons. The Morgan fingerprint density at radius 3 is 1.75 bits per heavy atom. The zero-order valence-electron chi connectivity index (χ0n) is 5.82. The van der Waals surface area contributed by atoms with Crippen LogP contribution in [0.4, 0.5) is 0 Å². The minimum absolute atomic E-state index is 0. The summed E-state index contributed by atoms with van der Waals surface area (Å²) in [6.45, 7) is 4.67. The normalized spacial score (nSPS) is 9.88. The van der Waals surface area contributed by atoms with Gasteiger partial charge in [-0.25, -0.2) is 0 Å². The highest BCUT2D eigenvalue weighted by Gasteiger charge is 1.99. The Kier molecular flexibility index (Phi) is 4.77. The quantitative estimate of drug-likeness (QED) is 0.288. The lowest BCUT2D eigenvalue weighted by Gasteiger charge is -2.21. The van der Waals surface area contributed by atoms with Crippen LogP contribution >= 0.6 is 0 Å². The van der Waals surface area contributed by atoms with Crippen molar-refractivity contribution < 1.29 is 9.19 Å². The van der Waals surface area contributed by atoms with Gasteiger partial charge in [0.25, 0.3) is 0 Å². The van der Waals surface area contributed by atoms with Crippen LogP contribution < -0.4 is 4.70 Å². The molecular weight excluding hydrogens is 105 g/mol. The Balaban J connectivity index is 0. The van der Waals surface area contributed by atoms with E-state index in [9.17, 15) is 0 Å². The minimum atomic E-state index is 0. The van der Waals surface area contributed by atoms with E-state index in [0.717, 1.165) is 11.0 Å². The topological polar surface area (TPSA) is 0 Å². The van der Waals surface area contributed by atoms with Crippen molar-refractivity contribution in [1.82, 2.24) is 0 Å². The summed E-state index contributed by atoms with van der Waals surface area (Å²) in [4.78, 5) is 0. The van der Waals surface area contributed by atoms with E-state index in [1.807, 2.05) is 6.08 Å². The number of halogens is 1. The molecule has 50 valence electrons. The highest BCUT2D eigenvalue weighted by atomic mass is 19.0. The lowest BCUT2D eigenvalue weighted by atomic mass is 10.5. The monoisotopic (exact) mass is 119 g/mol. The van der Waals surface area contributed by atoms with Crippen molar-refractivity contribution in [2.75, 3.05) is 27.7 Å². The van der Waals surface area contributed by atoms with Gasteiger partial charge in [-0.15, -0.1) is 0 Å². The van der Waals surface area contributed by atoms with Gasteiger partial charge in [0.1, 0.15) is 0 Å². The van der Waals surface area contributed by atoms with Crippen LogP contribution in [-0.4, -0.2) is 32.2 Å². The van der Waals surface area contributed by atoms with Crippen molar-refractivity contribution in [2.45, 2.75) is 0 Å². The van der Waals surface area contributed by atoms with Crippen LogP contribution in [0.15, 0.2) is 12.7 Å². The van der Waals surface area contributed by atoms with Gasteiger partial charge in [-0.1, -0.05) is 6.58 Å². The van der Waals surface area contributed by atoms with Crippen molar-refractivity contribution >= 4 is 0 Å². The molecule has 2 heteroatoms. The van der Waals surface area contributed by atoms with Crippen molar-refractivity contribution in [3.63, 3.8) is 0 Å². The van der Waals surface area contributed by atoms with E-state index in [1.54, 1.807) is 0 Å². The van der Waals surface area contributed by atoms with Crippen molar-refractivity contribution in [3.05, 3.63) is 12.7 Å². The highest BCUT2D eigenvalue weighted by molar-refractivity contribution is 4.63. The molecule has 0 aliphatic carbocycles. The van der Waals surface area contributed by atoms with E-state index in [-0.39, 0.29) is 4.70 Å². The van der Waals surface area contributed by atoms with Gasteiger partial charge in [-0.3, -0.25) is 0 Å². The first-order valence-electron chi connectivity index (χ1n) is 2.47. The fourth-order valence-corrected chi connectivity index (χ4v) is 0.387. The first-order valence-corrected chi connectivity index (χ1v) is 2.47. The fraction of sp³-hybridized carbons (Fsp3) is 0.667. The Bertz CT molecular complexity index is 63.4. The third-order valence-electron chi connectivity index (χ3n) is 0.677. The van der Waals surface area contributed by atoms with E-state index in [0.29, 0.717) is 0 Å². The summed E-state index contributed by atoms with van der Waals surface area (Å²) >= 11 is 0. The number of rotatable bonds is 2. The summed E-state index contributed by atoms with van der Waals surface area (Å²) < 4.78 is 0.976. The van der Waals surface area contributed by atoms with Crippen molar-refractivity contribution in [2.24, 2.45) is 0 Å². The fourth-order valence-electron chi connectivity index (χ4n) is 0.387. The first kappa shape index (κ1) is 10.6. The molecule has 0 saturated carbocycles. The Labute approximate surface area is 50.6 Å². The average Bonchev–Trinajstić information content (AvgIpc) is 1.30. The lowest BCUT2D eigenvalue weighted by Crippen LogP contribution is -3.00. The molecule has 8 heavy (non-hydrogen) atoms. The first-order chi connectivity index (χ1) is 3.06. The predicted molar refractivity (Wildman–Crippen MR) is 33.1 cm³/mol. The zero-order chi connectivity index (χ0) is 5.91. The number of likely N-dealkylation sites (N-methyl/N-ethyl adjacent to an activating group) is 1. The van der Waals surface area contributed by atoms with Gasteiger partial charge >= 0.3 is 0 Å². The van der Waals surface area contributed by atoms with Crippen LogP contribution in [-0.2, 0) is 0 Å². The second-order valence-electron chi connectivity index (χ2n) is 2.76. The molecule has 0 N–H and O–H groups in total. The molecule has 0 aromatic rings. The second-order valence-corrected chi connectivity index (χ2v) is 2.76. The molecule has 0 aromatic carbocycles. The van der Waals surface area contributed by atoms with Crippen LogP contribution in [0.2, 0.25) is 0 Å². The summed E-state index contributed by atoms with van der Waals surface area (Å²) in [6, 6.07) is 0. The van der Waals surface area contributed by atoms with Gasteiger partial charge in [0, 0.05) is 0 Å². The van der Waals surface area contributed by atoms with E-state index in [1.165, 1.54) is 0 Å². The molecule has 0 atom stereocenters. The van der Waals surface area contributed by atoms with Gasteiger partial charge in [0.05, 0.1) is 27.7 Å². The SMILES string of the molecule is C=CC[N+](C)(C)C.[F-]. The summed E-state index contributed by atoms with van der Waals surface area (Å²) in [6.07, 6.45) is 1.93. The highest BCUT2D eigenvalue weighted by Crippen LogP contribution is 1.86. The van der Waals surface area contributed by atoms with Crippen LogP contribution in [0.1, 0.15) is 0 Å². The summed E-state index contributed by atoms with van der Waals surface area (Å²) in [5.41, 5.74) is 0. The molecule has 0 bridgehead atoms. The van der Waals surface area contributed by atoms with E-state index < -0.39 is 0 Å². The summed E-state index contributed by atoms with van der Waals surface area (Å²) in [5, 5.41) is 0. The molecule has 0 spiro atoms. The largest absolute Gasteiger partial charge is 1.00 e. The van der Waals surface area contributed by atoms with Crippen LogP contribution in [0.25, 0.3) is 0 Å². The van der Waals surface area contributed by atoms with Gasteiger partial charge in [-0.2, -0.15) is 0 Å². The van der Waals surface area contributed by atoms with Crippen LogP contribution in [0.3, 0.4) is 0 Å². The van der Waals surface area contributed by atoms with Gasteiger partial charge in [0.15, 0.2) is 0 Å². The molecule has 0 amide bonds. The third kappa shape index (κ3) is 9.16. The van der Waals surface area contributed by atoms with E-state index >= 15 is 0 Å². The van der Waals surface area contributed by atoms with Crippen molar-refractivity contribution in [1.29, 1.82) is 0 Å². The Morgan fingerprint density at radius 2 is 1.75 bits per heavy atom. The summed E-state index contributed by atoms with van der Waals surface area (Å²) in [5.74, 6) is 0. The minimum Gasteiger partial charge on any atom is -1.00 e. The molecular formula is C6H14FN. The molecule has 0 saturated heterocycles. The summed E-state index contributed by atoms with van der Waals surface area (Å²) in [7, 11) is 6.42. The van der Waals surface area contributed by atoms with E-state index in [2.05, 4.69) is 27.7 Å². The van der Waals surface area contributed by atoms with Gasteiger partial charge in [0.2, 0.25) is 0 Å². The van der Waals surface area contributed by atoms with Crippen LogP contribution in [0.5, 0.6) is 0 Å². The standard InChI is InChI=1S/C6H14N.FH/c1-5-6-7(2,3)4;/h5H,1,6H2,2-4H3;1H/q+1;/p-1. The number of quaternary nitrogens is 1.